The van der Waals surface area contributed by atoms with E-state index in [1.54, 1.807) is 30.3 Å². The Morgan fingerprint density at radius 1 is 1.00 bits per heavy atom. The average molecular weight is 441 g/mol. The van der Waals surface area contributed by atoms with Gasteiger partial charge in [-0.25, -0.2) is 14.5 Å². The Morgan fingerprint density at radius 3 is 2.19 bits per heavy atom. The number of benzene rings is 2. The summed E-state index contributed by atoms with van der Waals surface area (Å²) in [7, 11) is 3.81. The van der Waals surface area contributed by atoms with Gasteiger partial charge in [0.2, 0.25) is 5.88 Å². The van der Waals surface area contributed by atoms with Crippen LogP contribution in [-0.4, -0.2) is 49.2 Å². The summed E-state index contributed by atoms with van der Waals surface area (Å²) in [4.78, 5) is 41.2. The third kappa shape index (κ3) is 4.36. The first kappa shape index (κ1) is 22.3. The minimum absolute atomic E-state index is 0.0392. The van der Waals surface area contributed by atoms with E-state index in [1.807, 2.05) is 0 Å². The zero-order chi connectivity index (χ0) is 23.3. The van der Waals surface area contributed by atoms with E-state index in [1.165, 1.54) is 45.6 Å². The Bertz CT molecular complexity index is 1080. The number of ether oxygens (including phenoxy) is 4. The van der Waals surface area contributed by atoms with Gasteiger partial charge in [0.25, 0.3) is 5.69 Å². The average Bonchev–Trinajstić information content (AvgIpc) is 2.82. The molecule has 2 aromatic carbocycles. The van der Waals surface area contributed by atoms with Crippen molar-refractivity contribution in [2.45, 2.75) is 6.04 Å². The Labute approximate surface area is 182 Å². The fourth-order valence-corrected chi connectivity index (χ4v) is 3.09. The van der Waals surface area contributed by atoms with E-state index < -0.39 is 23.0 Å². The van der Waals surface area contributed by atoms with E-state index in [4.69, 9.17) is 18.9 Å². The molecule has 2 aromatic rings. The van der Waals surface area contributed by atoms with Gasteiger partial charge in [0.05, 0.1) is 26.3 Å². The molecule has 1 unspecified atom stereocenters. The number of carbonyl (C=O) groups is 2. The van der Waals surface area contributed by atoms with Crippen LogP contribution in [0.5, 0.6) is 5.75 Å². The second kappa shape index (κ2) is 9.60. The fourth-order valence-electron chi connectivity index (χ4n) is 3.09. The lowest BCUT2D eigenvalue weighted by Gasteiger charge is -2.34. The predicted octanol–water partition coefficient (Wildman–Crippen LogP) is 3.18. The van der Waals surface area contributed by atoms with Crippen molar-refractivity contribution in [2.24, 2.45) is 4.99 Å². The van der Waals surface area contributed by atoms with E-state index in [0.29, 0.717) is 5.56 Å². The van der Waals surface area contributed by atoms with Crippen molar-refractivity contribution in [3.8, 4) is 5.75 Å². The van der Waals surface area contributed by atoms with Crippen LogP contribution in [0, 0.1) is 10.1 Å². The van der Waals surface area contributed by atoms with Crippen molar-refractivity contribution < 1.29 is 33.5 Å². The van der Waals surface area contributed by atoms with Gasteiger partial charge in [0.15, 0.2) is 0 Å². The molecule has 1 amide bonds. The molecule has 32 heavy (non-hydrogen) atoms. The smallest absolute Gasteiger partial charge is 0.424 e. The molecule has 0 saturated heterocycles. The normalized spacial score (nSPS) is 15.5. The Kier molecular flexibility index (Phi) is 6.68. The van der Waals surface area contributed by atoms with Crippen LogP contribution in [0.15, 0.2) is 71.0 Å². The molecule has 3 rings (SSSR count). The molecule has 0 saturated carbocycles. The Morgan fingerprint density at radius 2 is 1.66 bits per heavy atom. The van der Waals surface area contributed by atoms with Crippen molar-refractivity contribution in [3.63, 3.8) is 0 Å². The summed E-state index contributed by atoms with van der Waals surface area (Å²) in [6, 6.07) is 12.4. The highest BCUT2D eigenvalue weighted by Crippen LogP contribution is 2.37. The minimum Gasteiger partial charge on any atom is -0.480 e. The molecule has 0 spiro atoms. The third-order valence-electron chi connectivity index (χ3n) is 4.51. The van der Waals surface area contributed by atoms with Crippen molar-refractivity contribution >= 4 is 23.8 Å². The first-order chi connectivity index (χ1) is 15.4. The number of amides is 1. The molecule has 1 aliphatic heterocycles. The van der Waals surface area contributed by atoms with Gasteiger partial charge in [-0.1, -0.05) is 30.3 Å². The van der Waals surface area contributed by atoms with Crippen molar-refractivity contribution in [1.29, 1.82) is 0 Å². The highest BCUT2D eigenvalue weighted by molar-refractivity contribution is 5.99. The number of non-ortho nitro benzene ring substituents is 1. The van der Waals surface area contributed by atoms with Gasteiger partial charge in [-0.2, -0.15) is 4.99 Å². The van der Waals surface area contributed by atoms with Gasteiger partial charge in [0, 0.05) is 12.1 Å². The maximum atomic E-state index is 13.2. The van der Waals surface area contributed by atoms with Crippen LogP contribution in [0.3, 0.4) is 0 Å². The largest absolute Gasteiger partial charge is 0.480 e. The lowest BCUT2D eigenvalue weighted by molar-refractivity contribution is -0.384. The summed E-state index contributed by atoms with van der Waals surface area (Å²) in [6.07, 6.45) is -0.940. The van der Waals surface area contributed by atoms with Crippen molar-refractivity contribution in [3.05, 3.63) is 81.7 Å². The lowest BCUT2D eigenvalue weighted by atomic mass is 9.96. The minimum atomic E-state index is -1.04. The lowest BCUT2D eigenvalue weighted by Crippen LogP contribution is -2.46. The number of nitro benzene ring substituents is 1. The number of methoxy groups -OCH3 is 3. The van der Waals surface area contributed by atoms with E-state index in [9.17, 15) is 19.7 Å². The zero-order valence-corrected chi connectivity index (χ0v) is 17.4. The van der Waals surface area contributed by atoms with Crippen LogP contribution in [0.4, 0.5) is 10.5 Å². The molecule has 0 radical (unpaired) electrons. The maximum absolute atomic E-state index is 13.2. The molecule has 11 heteroatoms. The summed E-state index contributed by atoms with van der Waals surface area (Å²) in [6.45, 7) is 0. The second-order valence-corrected chi connectivity index (χ2v) is 6.32. The molecule has 166 valence electrons. The number of carbonyl (C=O) groups excluding carboxylic acids is 2. The van der Waals surface area contributed by atoms with Gasteiger partial charge >= 0.3 is 18.1 Å². The van der Waals surface area contributed by atoms with Crippen LogP contribution in [0.2, 0.25) is 0 Å². The van der Waals surface area contributed by atoms with Gasteiger partial charge in [-0.3, -0.25) is 10.1 Å². The number of hydrogen-bond acceptors (Lipinski definition) is 9. The highest BCUT2D eigenvalue weighted by Gasteiger charge is 2.43. The summed E-state index contributed by atoms with van der Waals surface area (Å²) in [5.74, 6) is -0.798. The molecule has 0 bridgehead atoms. The monoisotopic (exact) mass is 441 g/mol. The molecule has 0 N–H and O–H groups in total. The summed E-state index contributed by atoms with van der Waals surface area (Å²) in [5, 5.41) is 10.8. The molecule has 0 aromatic heterocycles. The quantitative estimate of drug-likeness (QED) is 0.393. The van der Waals surface area contributed by atoms with Gasteiger partial charge in [-0.15, -0.1) is 0 Å². The van der Waals surface area contributed by atoms with Crippen LogP contribution in [-0.2, 0) is 19.0 Å². The molecule has 0 aliphatic carbocycles. The van der Waals surface area contributed by atoms with Crippen LogP contribution in [0.25, 0.3) is 0 Å². The fraction of sp³-hybridized carbons (Fsp3) is 0.190. The molecule has 1 heterocycles. The number of nitrogens with zero attached hydrogens (tertiary/aromatic N) is 3. The Hall–Kier alpha value is -4.41. The summed E-state index contributed by atoms with van der Waals surface area (Å²) in [5.41, 5.74) is 0.333. The number of nitro groups is 1. The summed E-state index contributed by atoms with van der Waals surface area (Å²) >= 11 is 0. The zero-order valence-electron chi connectivity index (χ0n) is 17.4. The van der Waals surface area contributed by atoms with Crippen molar-refractivity contribution in [1.82, 2.24) is 4.90 Å². The van der Waals surface area contributed by atoms with E-state index in [2.05, 4.69) is 4.99 Å². The molecule has 11 nitrogen and oxygen atoms in total. The van der Waals surface area contributed by atoms with Gasteiger partial charge in [0.1, 0.15) is 17.4 Å². The summed E-state index contributed by atoms with van der Waals surface area (Å²) < 4.78 is 20.8. The Balaban J connectivity index is 2.07. The van der Waals surface area contributed by atoms with Crippen molar-refractivity contribution in [2.75, 3.05) is 21.3 Å². The van der Waals surface area contributed by atoms with E-state index in [-0.39, 0.29) is 28.9 Å². The number of rotatable bonds is 5. The molecule has 1 aliphatic rings. The number of hydrogen-bond donors (Lipinski definition) is 0. The van der Waals surface area contributed by atoms with E-state index in [0.717, 1.165) is 4.90 Å². The molecular weight excluding hydrogens is 422 g/mol. The van der Waals surface area contributed by atoms with Crippen LogP contribution in [0.1, 0.15) is 11.6 Å². The topological polar surface area (TPSA) is 130 Å². The van der Waals surface area contributed by atoms with E-state index >= 15 is 0 Å². The van der Waals surface area contributed by atoms with Gasteiger partial charge in [-0.05, 0) is 17.7 Å². The first-order valence-corrected chi connectivity index (χ1v) is 9.20. The van der Waals surface area contributed by atoms with Gasteiger partial charge < -0.3 is 18.9 Å². The number of esters is 1. The van der Waals surface area contributed by atoms with Crippen LogP contribution < -0.4 is 4.74 Å². The highest BCUT2D eigenvalue weighted by atomic mass is 16.6. The maximum Gasteiger partial charge on any atom is 0.424 e. The molecular formula is C21H19N3O8. The first-order valence-electron chi connectivity index (χ1n) is 9.20. The standard InChI is InChI=1S/C21H19N3O8/c1-29-18-16(19(25)30-2)17(13-7-5-4-6-8-13)23(20(22-18)31-3)21(26)32-15-11-9-14(10-12-15)24(27)28/h4-12,17H,1-3H3. The SMILES string of the molecule is COC(=O)C1=C(OC)N=C(OC)N(C(=O)Oc2ccc([N+](=O)[O-])cc2)C1c1ccccc1. The molecule has 0 fully saturated rings. The predicted molar refractivity (Wildman–Crippen MR) is 111 cm³/mol. The molecule has 1 atom stereocenters. The number of amidine groups is 1. The van der Waals surface area contributed by atoms with Crippen LogP contribution >= 0.6 is 0 Å². The second-order valence-electron chi connectivity index (χ2n) is 6.32. The third-order valence-corrected chi connectivity index (χ3v) is 4.51. The number of aliphatic imine (C=N–C) groups is 1.